The quantitative estimate of drug-likeness (QED) is 0.465. The van der Waals surface area contributed by atoms with Gasteiger partial charge in [-0.05, 0) is 32.1 Å². The van der Waals surface area contributed by atoms with Crippen LogP contribution in [0.5, 0.6) is 0 Å². The zero-order valence-corrected chi connectivity index (χ0v) is 14.1. The number of hydrogen-bond donors (Lipinski definition) is 1. The normalized spacial score (nSPS) is 30.4. The molecule has 0 aromatic carbocycles. The van der Waals surface area contributed by atoms with E-state index in [9.17, 15) is 9.67 Å². The maximum atomic E-state index is 13.0. The van der Waals surface area contributed by atoms with Gasteiger partial charge in [0.1, 0.15) is 12.5 Å². The van der Waals surface area contributed by atoms with E-state index in [0.29, 0.717) is 12.3 Å². The van der Waals surface area contributed by atoms with Crippen molar-refractivity contribution in [2.75, 3.05) is 12.3 Å². The molecule has 1 heterocycles. The van der Waals surface area contributed by atoms with Crippen molar-refractivity contribution in [2.24, 2.45) is 5.92 Å². The lowest BCUT2D eigenvalue weighted by molar-refractivity contribution is 0.129. The Labute approximate surface area is 119 Å². The second-order valence-electron chi connectivity index (χ2n) is 6.62. The lowest BCUT2D eigenvalue weighted by Gasteiger charge is -2.30. The first-order valence-electron chi connectivity index (χ1n) is 8.25. The monoisotopic (exact) mass is 288 g/mol. The lowest BCUT2D eigenvalue weighted by atomic mass is 10.0. The molecule has 114 valence electrons. The van der Waals surface area contributed by atoms with E-state index in [1.807, 2.05) is 6.92 Å². The minimum Gasteiger partial charge on any atom is -0.382 e. The molecule has 0 aliphatic carbocycles. The van der Waals surface area contributed by atoms with Crippen molar-refractivity contribution in [1.82, 2.24) is 0 Å². The third-order valence-electron chi connectivity index (χ3n) is 4.80. The van der Waals surface area contributed by atoms with Crippen LogP contribution in [0.15, 0.2) is 0 Å². The lowest BCUT2D eigenvalue weighted by Crippen LogP contribution is -2.25. The van der Waals surface area contributed by atoms with E-state index in [-0.39, 0.29) is 0 Å². The molecule has 0 aromatic rings. The van der Waals surface area contributed by atoms with Crippen molar-refractivity contribution in [3.8, 4) is 0 Å². The maximum Gasteiger partial charge on any atom is 0.118 e. The molecule has 0 amide bonds. The predicted octanol–water partition coefficient (Wildman–Crippen LogP) is 5.24. The van der Waals surface area contributed by atoms with Crippen LogP contribution in [0.2, 0.25) is 0 Å². The van der Waals surface area contributed by atoms with Gasteiger partial charge in [-0.3, -0.25) is 0 Å². The average molecular weight is 288 g/mol. The van der Waals surface area contributed by atoms with Crippen LogP contribution in [0.3, 0.4) is 0 Å². The van der Waals surface area contributed by atoms with Gasteiger partial charge in [0.2, 0.25) is 0 Å². The first-order chi connectivity index (χ1) is 8.95. The number of aliphatic hydroxyl groups is 1. The topological polar surface area (TPSA) is 37.3 Å². The summed E-state index contributed by atoms with van der Waals surface area (Å²) < 4.78 is 13.0. The highest BCUT2D eigenvalue weighted by Gasteiger charge is 2.46. The summed E-state index contributed by atoms with van der Waals surface area (Å²) >= 11 is 0. The van der Waals surface area contributed by atoms with Crippen molar-refractivity contribution >= 4 is 7.14 Å². The molecule has 0 bridgehead atoms. The molecule has 1 aliphatic rings. The summed E-state index contributed by atoms with van der Waals surface area (Å²) in [6, 6.07) is 0. The fraction of sp³-hybridized carbons (Fsp3) is 1.00. The Morgan fingerprint density at radius 3 is 2.47 bits per heavy atom. The fourth-order valence-corrected chi connectivity index (χ4v) is 6.84. The molecule has 0 saturated carbocycles. The van der Waals surface area contributed by atoms with Crippen LogP contribution in [0, 0.1) is 5.92 Å². The van der Waals surface area contributed by atoms with E-state index in [4.69, 9.17) is 0 Å². The van der Waals surface area contributed by atoms with E-state index >= 15 is 0 Å². The van der Waals surface area contributed by atoms with Crippen LogP contribution in [-0.2, 0) is 4.57 Å². The molecule has 2 nitrogen and oxygen atoms in total. The highest BCUT2D eigenvalue weighted by atomic mass is 31.2. The Balaban J connectivity index is 2.42. The second kappa shape index (κ2) is 7.84. The van der Waals surface area contributed by atoms with E-state index in [1.165, 1.54) is 32.1 Å². The molecule has 0 aromatic heterocycles. The van der Waals surface area contributed by atoms with Gasteiger partial charge in [0.25, 0.3) is 0 Å². The molecule has 1 aliphatic heterocycles. The average Bonchev–Trinajstić information content (AvgIpc) is 2.76. The minimum absolute atomic E-state index is 0.607. The van der Waals surface area contributed by atoms with Gasteiger partial charge >= 0.3 is 0 Å². The second-order valence-corrected chi connectivity index (χ2v) is 10.2. The number of hydrogen-bond acceptors (Lipinski definition) is 2. The van der Waals surface area contributed by atoms with Crippen LogP contribution >= 0.6 is 7.14 Å². The van der Waals surface area contributed by atoms with Crippen LogP contribution in [0.1, 0.15) is 78.6 Å². The van der Waals surface area contributed by atoms with Gasteiger partial charge in [-0.25, -0.2) is 0 Å². The summed E-state index contributed by atoms with van der Waals surface area (Å²) in [6.45, 7) is 6.18. The van der Waals surface area contributed by atoms with E-state index < -0.39 is 12.5 Å². The summed E-state index contributed by atoms with van der Waals surface area (Å²) in [4.78, 5) is 0. The summed E-state index contributed by atoms with van der Waals surface area (Å²) in [5.74, 6) is 0.607. The maximum absolute atomic E-state index is 13.0. The Morgan fingerprint density at radius 1 is 1.16 bits per heavy atom. The molecular formula is C16H33O2P. The molecule has 3 heteroatoms. The van der Waals surface area contributed by atoms with E-state index in [2.05, 4.69) is 13.8 Å². The van der Waals surface area contributed by atoms with Crippen LogP contribution in [0.25, 0.3) is 0 Å². The summed E-state index contributed by atoms with van der Waals surface area (Å²) in [5, 5.41) is 9.67. The Kier molecular flexibility index (Phi) is 7.11. The van der Waals surface area contributed by atoms with Crippen molar-refractivity contribution in [2.45, 2.75) is 83.9 Å². The highest BCUT2D eigenvalue weighted by molar-refractivity contribution is 7.65. The number of unbranched alkanes of at least 4 members (excludes halogenated alkanes) is 4. The van der Waals surface area contributed by atoms with Crippen LogP contribution in [-0.4, -0.2) is 22.8 Å². The molecule has 0 radical (unpaired) electrons. The molecule has 3 unspecified atom stereocenters. The van der Waals surface area contributed by atoms with Crippen molar-refractivity contribution < 1.29 is 9.67 Å². The summed E-state index contributed by atoms with van der Waals surface area (Å²) in [6.07, 6.45) is 11.8. The van der Waals surface area contributed by atoms with Gasteiger partial charge in [0.15, 0.2) is 0 Å². The first kappa shape index (κ1) is 17.2. The van der Waals surface area contributed by atoms with Gasteiger partial charge in [-0.2, -0.15) is 0 Å². The molecule has 1 rings (SSSR count). The van der Waals surface area contributed by atoms with Crippen molar-refractivity contribution in [3.05, 3.63) is 0 Å². The van der Waals surface area contributed by atoms with Crippen molar-refractivity contribution in [1.29, 1.82) is 0 Å². The Bertz CT molecular complexity index is 299. The molecule has 1 fully saturated rings. The van der Waals surface area contributed by atoms with Gasteiger partial charge < -0.3 is 9.67 Å². The van der Waals surface area contributed by atoms with Crippen molar-refractivity contribution in [3.63, 3.8) is 0 Å². The molecule has 0 spiro atoms. The Hall–Kier alpha value is 0.190. The molecule has 1 N–H and O–H groups in total. The third kappa shape index (κ3) is 4.90. The molecule has 3 atom stereocenters. The SMILES string of the molecule is CCCCCCC1CCP(=O)(C(C)(O)CCCC)C1. The predicted molar refractivity (Wildman–Crippen MR) is 84.4 cm³/mol. The van der Waals surface area contributed by atoms with E-state index in [1.54, 1.807) is 0 Å². The van der Waals surface area contributed by atoms with Crippen LogP contribution < -0.4 is 0 Å². The summed E-state index contributed by atoms with van der Waals surface area (Å²) in [5.41, 5.74) is 0. The van der Waals surface area contributed by atoms with Gasteiger partial charge in [-0.1, -0.05) is 52.4 Å². The van der Waals surface area contributed by atoms with Gasteiger partial charge in [0, 0.05) is 12.3 Å². The zero-order valence-electron chi connectivity index (χ0n) is 13.2. The van der Waals surface area contributed by atoms with Crippen LogP contribution in [0.4, 0.5) is 0 Å². The highest BCUT2D eigenvalue weighted by Crippen LogP contribution is 2.64. The molecular weight excluding hydrogens is 255 g/mol. The van der Waals surface area contributed by atoms with Gasteiger partial charge in [-0.15, -0.1) is 0 Å². The first-order valence-corrected chi connectivity index (χ1v) is 10.3. The minimum atomic E-state index is -2.36. The largest absolute Gasteiger partial charge is 0.382 e. The number of rotatable bonds is 9. The van der Waals surface area contributed by atoms with E-state index in [0.717, 1.165) is 31.6 Å². The summed E-state index contributed by atoms with van der Waals surface area (Å²) in [7, 11) is -2.36. The fourth-order valence-electron chi connectivity index (χ4n) is 3.24. The third-order valence-corrected chi connectivity index (χ3v) is 8.87. The zero-order chi connectivity index (χ0) is 14.4. The van der Waals surface area contributed by atoms with Gasteiger partial charge in [0.05, 0.1) is 0 Å². The smallest absolute Gasteiger partial charge is 0.118 e. The Morgan fingerprint density at radius 2 is 1.84 bits per heavy atom. The molecule has 19 heavy (non-hydrogen) atoms. The molecule has 1 saturated heterocycles. The standard InChI is InChI=1S/C16H33O2P/c1-4-6-8-9-10-15-11-13-19(18,14-15)16(3,17)12-7-5-2/h15,17H,4-14H2,1-3H3.